The first-order valence-electron chi connectivity index (χ1n) is 6.27. The molecule has 3 rings (SSSR count). The average molecular weight is 260 g/mol. The van der Waals surface area contributed by atoms with Crippen molar-refractivity contribution in [3.05, 3.63) is 35.3 Å². The quantitative estimate of drug-likeness (QED) is 0.917. The molecular weight excluding hydrogens is 244 g/mol. The summed E-state index contributed by atoms with van der Waals surface area (Å²) in [7, 11) is 0. The predicted octanol–water partition coefficient (Wildman–Crippen LogP) is 2.75. The fourth-order valence-corrected chi connectivity index (χ4v) is 2.67. The molecule has 0 amide bonds. The molecule has 1 aromatic heterocycles. The molecule has 2 heterocycles. The highest BCUT2D eigenvalue weighted by Gasteiger charge is 2.11. The molecule has 0 unspecified atom stereocenters. The van der Waals surface area contributed by atoms with E-state index in [1.807, 2.05) is 5.38 Å². The van der Waals surface area contributed by atoms with Gasteiger partial charge in [-0.15, -0.1) is 5.10 Å². The topological polar surface area (TPSA) is 41.0 Å². The van der Waals surface area contributed by atoms with Gasteiger partial charge in [0.25, 0.3) is 0 Å². The Bertz CT molecular complexity index is 474. The summed E-state index contributed by atoms with van der Waals surface area (Å²) in [6, 6.07) is 8.64. The third-order valence-corrected chi connectivity index (χ3v) is 3.77. The highest BCUT2D eigenvalue weighted by Crippen LogP contribution is 2.22. The largest absolute Gasteiger partial charge is 0.379 e. The summed E-state index contributed by atoms with van der Waals surface area (Å²) in [5.74, 6) is 0. The van der Waals surface area contributed by atoms with Crippen molar-refractivity contribution in [3.63, 3.8) is 0 Å². The van der Waals surface area contributed by atoms with E-state index in [-0.39, 0.29) is 0 Å². The molecular formula is C13H16N4S. The molecule has 0 radical (unpaired) electrons. The van der Waals surface area contributed by atoms with E-state index < -0.39 is 0 Å². The summed E-state index contributed by atoms with van der Waals surface area (Å²) in [4.78, 5) is 2.44. The van der Waals surface area contributed by atoms with Gasteiger partial charge in [-0.2, -0.15) is 0 Å². The lowest BCUT2D eigenvalue weighted by Gasteiger charge is -2.17. The average Bonchev–Trinajstić information content (AvgIpc) is 3.10. The fraction of sp³-hybridized carbons (Fsp3) is 0.385. The Morgan fingerprint density at radius 1 is 1.17 bits per heavy atom. The van der Waals surface area contributed by atoms with Crippen molar-refractivity contribution in [3.8, 4) is 0 Å². The number of hydrogen-bond acceptors (Lipinski definition) is 5. The van der Waals surface area contributed by atoms with Crippen LogP contribution in [0.3, 0.4) is 0 Å². The minimum Gasteiger partial charge on any atom is -0.379 e. The third kappa shape index (κ3) is 2.61. The van der Waals surface area contributed by atoms with Gasteiger partial charge in [0.15, 0.2) is 0 Å². The van der Waals surface area contributed by atoms with Gasteiger partial charge in [0, 0.05) is 29.8 Å². The smallest absolute Gasteiger partial charge is 0.0946 e. The van der Waals surface area contributed by atoms with E-state index in [1.54, 1.807) is 0 Å². The van der Waals surface area contributed by atoms with Crippen molar-refractivity contribution >= 4 is 22.9 Å². The summed E-state index contributed by atoms with van der Waals surface area (Å²) in [6.45, 7) is 3.12. The van der Waals surface area contributed by atoms with E-state index in [4.69, 9.17) is 0 Å². The summed E-state index contributed by atoms with van der Waals surface area (Å²) in [5.41, 5.74) is 3.45. The first kappa shape index (κ1) is 11.5. The van der Waals surface area contributed by atoms with E-state index in [1.165, 1.54) is 43.2 Å². The van der Waals surface area contributed by atoms with Gasteiger partial charge < -0.3 is 10.2 Å². The molecule has 1 saturated heterocycles. The van der Waals surface area contributed by atoms with Gasteiger partial charge in [-0.25, -0.2) is 0 Å². The second-order valence-electron chi connectivity index (χ2n) is 4.49. The maximum Gasteiger partial charge on any atom is 0.0946 e. The van der Waals surface area contributed by atoms with E-state index in [0.717, 1.165) is 17.9 Å². The summed E-state index contributed by atoms with van der Waals surface area (Å²) in [6.07, 6.45) is 2.63. The van der Waals surface area contributed by atoms with Gasteiger partial charge in [-0.3, -0.25) is 0 Å². The van der Waals surface area contributed by atoms with E-state index in [2.05, 4.69) is 44.1 Å². The standard InChI is InChI=1S/C13H16N4S/c1-2-8-17(7-1)13-5-3-11(4-6-13)14-9-12-10-18-16-15-12/h3-6,10,14H,1-2,7-9H2. The lowest BCUT2D eigenvalue weighted by atomic mass is 10.2. The van der Waals surface area contributed by atoms with E-state index >= 15 is 0 Å². The number of hydrogen-bond donors (Lipinski definition) is 1. The van der Waals surface area contributed by atoms with Gasteiger partial charge >= 0.3 is 0 Å². The molecule has 4 nitrogen and oxygen atoms in total. The van der Waals surface area contributed by atoms with Crippen molar-refractivity contribution in [2.75, 3.05) is 23.3 Å². The second kappa shape index (κ2) is 5.35. The zero-order valence-electron chi connectivity index (χ0n) is 10.2. The van der Waals surface area contributed by atoms with Crippen molar-refractivity contribution in [2.24, 2.45) is 0 Å². The molecule has 1 aromatic carbocycles. The molecule has 94 valence electrons. The van der Waals surface area contributed by atoms with Crippen LogP contribution in [-0.4, -0.2) is 22.7 Å². The molecule has 1 aliphatic heterocycles. The molecule has 1 fully saturated rings. The van der Waals surface area contributed by atoms with E-state index in [9.17, 15) is 0 Å². The Morgan fingerprint density at radius 2 is 1.94 bits per heavy atom. The van der Waals surface area contributed by atoms with Crippen LogP contribution in [0.2, 0.25) is 0 Å². The molecule has 5 heteroatoms. The third-order valence-electron chi connectivity index (χ3n) is 3.22. The summed E-state index contributed by atoms with van der Waals surface area (Å²) in [5, 5.41) is 9.32. The Labute approximate surface area is 111 Å². The summed E-state index contributed by atoms with van der Waals surface area (Å²) >= 11 is 1.39. The van der Waals surface area contributed by atoms with Crippen molar-refractivity contribution < 1.29 is 0 Å². The molecule has 0 atom stereocenters. The number of anilines is 2. The Morgan fingerprint density at radius 3 is 2.61 bits per heavy atom. The van der Waals surface area contributed by atoms with Crippen LogP contribution in [0, 0.1) is 0 Å². The molecule has 0 saturated carbocycles. The van der Waals surface area contributed by atoms with Crippen LogP contribution < -0.4 is 10.2 Å². The lowest BCUT2D eigenvalue weighted by Crippen LogP contribution is -2.17. The maximum atomic E-state index is 4.01. The van der Waals surface area contributed by atoms with Crippen LogP contribution in [0.4, 0.5) is 11.4 Å². The molecule has 0 spiro atoms. The zero-order valence-corrected chi connectivity index (χ0v) is 11.0. The van der Waals surface area contributed by atoms with Gasteiger partial charge in [0.1, 0.15) is 0 Å². The highest BCUT2D eigenvalue weighted by atomic mass is 32.1. The zero-order chi connectivity index (χ0) is 12.2. The number of nitrogens with one attached hydrogen (secondary N) is 1. The van der Waals surface area contributed by atoms with Crippen LogP contribution in [0.15, 0.2) is 29.6 Å². The predicted molar refractivity (Wildman–Crippen MR) is 75.1 cm³/mol. The molecule has 0 bridgehead atoms. The normalized spacial score (nSPS) is 15.0. The van der Waals surface area contributed by atoms with Crippen LogP contribution in [0.5, 0.6) is 0 Å². The second-order valence-corrected chi connectivity index (χ2v) is 5.10. The first-order chi connectivity index (χ1) is 8.92. The Hall–Kier alpha value is -1.62. The van der Waals surface area contributed by atoms with Crippen molar-refractivity contribution in [1.82, 2.24) is 9.59 Å². The number of rotatable bonds is 4. The molecule has 1 N–H and O–H groups in total. The van der Waals surface area contributed by atoms with Gasteiger partial charge in [-0.05, 0) is 48.6 Å². The van der Waals surface area contributed by atoms with Gasteiger partial charge in [0.2, 0.25) is 0 Å². The van der Waals surface area contributed by atoms with Crippen LogP contribution >= 0.6 is 11.5 Å². The molecule has 0 aliphatic carbocycles. The monoisotopic (exact) mass is 260 g/mol. The lowest BCUT2D eigenvalue weighted by molar-refractivity contribution is 0.949. The van der Waals surface area contributed by atoms with Crippen LogP contribution in [0.25, 0.3) is 0 Å². The van der Waals surface area contributed by atoms with Gasteiger partial charge in [0.05, 0.1) is 12.2 Å². The van der Waals surface area contributed by atoms with E-state index in [0.29, 0.717) is 0 Å². The van der Waals surface area contributed by atoms with Gasteiger partial charge in [-0.1, -0.05) is 4.49 Å². The van der Waals surface area contributed by atoms with Crippen molar-refractivity contribution in [1.29, 1.82) is 0 Å². The molecule has 18 heavy (non-hydrogen) atoms. The fourth-order valence-electron chi connectivity index (χ4n) is 2.22. The Balaban J connectivity index is 1.60. The highest BCUT2D eigenvalue weighted by molar-refractivity contribution is 7.03. The number of aromatic nitrogens is 2. The van der Waals surface area contributed by atoms with Crippen LogP contribution in [0.1, 0.15) is 18.5 Å². The van der Waals surface area contributed by atoms with Crippen LogP contribution in [-0.2, 0) is 6.54 Å². The minimum atomic E-state index is 0.736. The first-order valence-corrected chi connectivity index (χ1v) is 7.10. The maximum absolute atomic E-state index is 4.01. The Kier molecular flexibility index (Phi) is 3.41. The molecule has 2 aromatic rings. The SMILES string of the molecule is c1cc(N2CCCC2)ccc1NCc1csnn1. The summed E-state index contributed by atoms with van der Waals surface area (Å²) < 4.78 is 3.85. The molecule has 1 aliphatic rings. The number of nitrogens with zero attached hydrogens (tertiary/aromatic N) is 3. The number of benzene rings is 1. The minimum absolute atomic E-state index is 0.736. The van der Waals surface area contributed by atoms with Crippen molar-refractivity contribution in [2.45, 2.75) is 19.4 Å².